The second kappa shape index (κ2) is 7.77. The Bertz CT molecular complexity index is 964. The van der Waals surface area contributed by atoms with Crippen LogP contribution in [0, 0.1) is 11.3 Å². The molecule has 1 amide bonds. The maximum Gasteiger partial charge on any atom is 0.274 e. The number of amides is 1. The molecule has 1 heterocycles. The minimum absolute atomic E-state index is 0.221. The van der Waals surface area contributed by atoms with Crippen molar-refractivity contribution in [2.75, 3.05) is 17.7 Å². The molecule has 0 spiro atoms. The third kappa shape index (κ3) is 4.13. The van der Waals surface area contributed by atoms with Crippen LogP contribution in [-0.4, -0.2) is 23.0 Å². The molecule has 7 nitrogen and oxygen atoms in total. The number of rotatable bonds is 5. The minimum Gasteiger partial charge on any atom is -0.497 e. The van der Waals surface area contributed by atoms with Crippen molar-refractivity contribution < 1.29 is 9.53 Å². The van der Waals surface area contributed by atoms with E-state index in [2.05, 4.69) is 26.7 Å². The molecule has 0 saturated heterocycles. The molecule has 0 saturated carbocycles. The maximum absolute atomic E-state index is 12.4. The summed E-state index contributed by atoms with van der Waals surface area (Å²) in [5, 5.41) is 14.7. The summed E-state index contributed by atoms with van der Waals surface area (Å²) in [7, 11) is 1.56. The Balaban J connectivity index is 1.73. The molecule has 128 valence electrons. The van der Waals surface area contributed by atoms with Crippen molar-refractivity contribution in [3.05, 3.63) is 72.2 Å². The molecule has 7 heteroatoms. The second-order valence-corrected chi connectivity index (χ2v) is 5.29. The van der Waals surface area contributed by atoms with E-state index in [1.807, 2.05) is 0 Å². The van der Waals surface area contributed by atoms with Gasteiger partial charge in [0.2, 0.25) is 0 Å². The van der Waals surface area contributed by atoms with Crippen LogP contribution in [0.4, 0.5) is 17.2 Å². The van der Waals surface area contributed by atoms with E-state index in [1.54, 1.807) is 61.7 Å². The van der Waals surface area contributed by atoms with Crippen molar-refractivity contribution >= 4 is 23.1 Å². The highest BCUT2D eigenvalue weighted by atomic mass is 16.5. The summed E-state index contributed by atoms with van der Waals surface area (Å²) >= 11 is 0. The summed E-state index contributed by atoms with van der Waals surface area (Å²) in [4.78, 5) is 20.5. The molecule has 0 radical (unpaired) electrons. The fourth-order valence-electron chi connectivity index (χ4n) is 2.22. The summed E-state index contributed by atoms with van der Waals surface area (Å²) in [5.74, 6) is 0.762. The molecule has 2 aromatic carbocycles. The Hall–Kier alpha value is -3.92. The van der Waals surface area contributed by atoms with E-state index in [0.717, 1.165) is 5.69 Å². The lowest BCUT2D eigenvalue weighted by Crippen LogP contribution is -2.14. The van der Waals surface area contributed by atoms with Gasteiger partial charge in [0.15, 0.2) is 0 Å². The zero-order valence-corrected chi connectivity index (χ0v) is 13.9. The van der Waals surface area contributed by atoms with Gasteiger partial charge in [-0.15, -0.1) is 0 Å². The van der Waals surface area contributed by atoms with Gasteiger partial charge in [0.05, 0.1) is 18.7 Å². The molecule has 0 fully saturated rings. The van der Waals surface area contributed by atoms with Crippen molar-refractivity contribution in [2.45, 2.75) is 0 Å². The van der Waals surface area contributed by atoms with Crippen LogP contribution in [0.2, 0.25) is 0 Å². The number of carbonyl (C=O) groups excluding carboxylic acids is 1. The molecule has 0 unspecified atom stereocenters. The third-order valence-corrected chi connectivity index (χ3v) is 3.51. The van der Waals surface area contributed by atoms with E-state index in [1.165, 1.54) is 6.33 Å². The Kier molecular flexibility index (Phi) is 5.05. The molecule has 0 aliphatic heterocycles. The molecule has 1 aromatic heterocycles. The summed E-state index contributed by atoms with van der Waals surface area (Å²) in [6.07, 6.45) is 1.31. The second-order valence-electron chi connectivity index (χ2n) is 5.29. The summed E-state index contributed by atoms with van der Waals surface area (Å²) in [5.41, 5.74) is 2.15. The minimum atomic E-state index is -0.358. The average Bonchev–Trinajstić information content (AvgIpc) is 2.69. The first-order valence-corrected chi connectivity index (χ1v) is 7.72. The Labute approximate surface area is 150 Å². The average molecular weight is 345 g/mol. The number of ether oxygens (including phenoxy) is 1. The van der Waals surface area contributed by atoms with Crippen LogP contribution in [0.15, 0.2) is 60.9 Å². The number of methoxy groups -OCH3 is 1. The van der Waals surface area contributed by atoms with Crippen molar-refractivity contribution in [1.82, 2.24) is 9.97 Å². The van der Waals surface area contributed by atoms with E-state index in [4.69, 9.17) is 10.00 Å². The number of aromatic nitrogens is 2. The van der Waals surface area contributed by atoms with Gasteiger partial charge in [0.1, 0.15) is 23.6 Å². The molecule has 0 aliphatic carbocycles. The number of benzene rings is 2. The van der Waals surface area contributed by atoms with Gasteiger partial charge in [-0.2, -0.15) is 5.26 Å². The SMILES string of the molecule is COc1cccc(NC(=O)c2cc(Nc3ccc(C#N)cc3)ncn2)c1. The van der Waals surface area contributed by atoms with E-state index < -0.39 is 0 Å². The highest BCUT2D eigenvalue weighted by molar-refractivity contribution is 6.03. The summed E-state index contributed by atoms with van der Waals surface area (Å²) in [6.45, 7) is 0. The number of nitrogens with one attached hydrogen (secondary N) is 2. The van der Waals surface area contributed by atoms with Gasteiger partial charge < -0.3 is 15.4 Å². The lowest BCUT2D eigenvalue weighted by atomic mass is 10.2. The zero-order valence-electron chi connectivity index (χ0n) is 13.9. The first kappa shape index (κ1) is 16.9. The number of carbonyl (C=O) groups is 1. The Morgan fingerprint density at radius 3 is 2.62 bits per heavy atom. The topological polar surface area (TPSA) is 99.9 Å². The Morgan fingerprint density at radius 2 is 1.88 bits per heavy atom. The predicted molar refractivity (Wildman–Crippen MR) is 97.4 cm³/mol. The molecule has 0 atom stereocenters. The number of anilines is 3. The first-order valence-electron chi connectivity index (χ1n) is 7.72. The molecule has 3 aromatic rings. The highest BCUT2D eigenvalue weighted by Gasteiger charge is 2.10. The standard InChI is InChI=1S/C19H15N5O2/c1-26-16-4-2-3-15(9-16)24-19(25)17-10-18(22-12-21-17)23-14-7-5-13(11-20)6-8-14/h2-10,12H,1H3,(H,24,25)(H,21,22,23). The van der Waals surface area contributed by atoms with E-state index in [0.29, 0.717) is 22.8 Å². The monoisotopic (exact) mass is 345 g/mol. The smallest absolute Gasteiger partial charge is 0.274 e. The number of nitrogens with zero attached hydrogens (tertiary/aromatic N) is 3. The van der Waals surface area contributed by atoms with E-state index in [-0.39, 0.29) is 11.6 Å². The van der Waals surface area contributed by atoms with Crippen LogP contribution in [0.25, 0.3) is 0 Å². The molecule has 0 aliphatic rings. The number of nitriles is 1. The molecular weight excluding hydrogens is 330 g/mol. The van der Waals surface area contributed by atoms with Crippen molar-refractivity contribution in [3.8, 4) is 11.8 Å². The summed E-state index contributed by atoms with van der Waals surface area (Å²) < 4.78 is 5.14. The fourth-order valence-corrected chi connectivity index (χ4v) is 2.22. The van der Waals surface area contributed by atoms with Gasteiger partial charge in [-0.05, 0) is 36.4 Å². The fraction of sp³-hybridized carbons (Fsp3) is 0.0526. The number of hydrogen-bond donors (Lipinski definition) is 2. The molecule has 3 rings (SSSR count). The Morgan fingerprint density at radius 1 is 1.08 bits per heavy atom. The van der Waals surface area contributed by atoms with Crippen molar-refractivity contribution in [2.24, 2.45) is 0 Å². The molecule has 2 N–H and O–H groups in total. The quantitative estimate of drug-likeness (QED) is 0.735. The lowest BCUT2D eigenvalue weighted by Gasteiger charge is -2.08. The molecular formula is C19H15N5O2. The van der Waals surface area contributed by atoms with Crippen LogP contribution in [-0.2, 0) is 0 Å². The van der Waals surface area contributed by atoms with Crippen molar-refractivity contribution in [1.29, 1.82) is 5.26 Å². The van der Waals surface area contributed by atoms with Gasteiger partial charge in [0.25, 0.3) is 5.91 Å². The van der Waals surface area contributed by atoms with Crippen LogP contribution in [0.1, 0.15) is 16.1 Å². The van der Waals surface area contributed by atoms with Gasteiger partial charge in [-0.1, -0.05) is 6.07 Å². The summed E-state index contributed by atoms with van der Waals surface area (Å²) in [6, 6.07) is 17.6. The zero-order chi connectivity index (χ0) is 18.4. The van der Waals surface area contributed by atoms with Crippen LogP contribution < -0.4 is 15.4 Å². The largest absolute Gasteiger partial charge is 0.497 e. The predicted octanol–water partition coefficient (Wildman–Crippen LogP) is 3.35. The van der Waals surface area contributed by atoms with Gasteiger partial charge in [-0.25, -0.2) is 9.97 Å². The van der Waals surface area contributed by atoms with Gasteiger partial charge in [-0.3, -0.25) is 4.79 Å². The van der Waals surface area contributed by atoms with E-state index in [9.17, 15) is 4.79 Å². The van der Waals surface area contributed by atoms with E-state index >= 15 is 0 Å². The molecule has 26 heavy (non-hydrogen) atoms. The normalized spacial score (nSPS) is 9.85. The van der Waals surface area contributed by atoms with Gasteiger partial charge in [0, 0.05) is 23.5 Å². The van der Waals surface area contributed by atoms with Crippen LogP contribution in [0.5, 0.6) is 5.75 Å². The van der Waals surface area contributed by atoms with Gasteiger partial charge >= 0.3 is 0 Å². The van der Waals surface area contributed by atoms with Crippen LogP contribution >= 0.6 is 0 Å². The van der Waals surface area contributed by atoms with Crippen LogP contribution in [0.3, 0.4) is 0 Å². The maximum atomic E-state index is 12.4. The third-order valence-electron chi connectivity index (χ3n) is 3.51. The molecule has 0 bridgehead atoms. The first-order chi connectivity index (χ1) is 12.7. The highest BCUT2D eigenvalue weighted by Crippen LogP contribution is 2.18. The lowest BCUT2D eigenvalue weighted by molar-refractivity contribution is 0.102. The number of hydrogen-bond acceptors (Lipinski definition) is 6. The van der Waals surface area contributed by atoms with Crippen molar-refractivity contribution in [3.63, 3.8) is 0 Å².